The van der Waals surface area contributed by atoms with Crippen LogP contribution in [0.4, 0.5) is 0 Å². The summed E-state index contributed by atoms with van der Waals surface area (Å²) in [5, 5.41) is 2.52. The summed E-state index contributed by atoms with van der Waals surface area (Å²) in [6, 6.07) is 3.35. The van der Waals surface area contributed by atoms with E-state index in [9.17, 15) is 19.2 Å². The Morgan fingerprint density at radius 2 is 1.83 bits per heavy atom. The monoisotopic (exact) mass is 406 g/mol. The average molecular weight is 406 g/mol. The summed E-state index contributed by atoms with van der Waals surface area (Å²) in [6.07, 6.45) is 1.46. The lowest BCUT2D eigenvalue weighted by atomic mass is 9.80. The van der Waals surface area contributed by atoms with Gasteiger partial charge in [-0.1, -0.05) is 0 Å². The zero-order chi connectivity index (χ0) is 21.6. The third kappa shape index (κ3) is 5.09. The summed E-state index contributed by atoms with van der Waals surface area (Å²) in [5.41, 5.74) is 0.388. The third-order valence-corrected chi connectivity index (χ3v) is 4.33. The van der Waals surface area contributed by atoms with Crippen molar-refractivity contribution < 1.29 is 37.8 Å². The first-order valence-corrected chi connectivity index (χ1v) is 8.68. The molecule has 10 heteroatoms. The number of carbonyl (C=O) groups is 4. The van der Waals surface area contributed by atoms with Crippen LogP contribution < -0.4 is 5.32 Å². The molecule has 0 bridgehead atoms. The Kier molecular flexibility index (Phi) is 7.29. The maximum absolute atomic E-state index is 12.8. The first-order chi connectivity index (χ1) is 13.8. The molecule has 2 heterocycles. The maximum Gasteiger partial charge on any atom is 0.336 e. The molecule has 0 aliphatic carbocycles. The second kappa shape index (κ2) is 9.67. The molecule has 0 fully saturated rings. The number of hydrogen-bond donors (Lipinski definition) is 1. The summed E-state index contributed by atoms with van der Waals surface area (Å²) in [4.78, 5) is 53.4. The van der Waals surface area contributed by atoms with E-state index in [-0.39, 0.29) is 23.5 Å². The number of esters is 3. The molecule has 2 rings (SSSR count). The van der Waals surface area contributed by atoms with E-state index in [1.54, 1.807) is 12.1 Å². The van der Waals surface area contributed by atoms with Gasteiger partial charge in [0.1, 0.15) is 17.6 Å². The molecule has 10 nitrogen and oxygen atoms in total. The van der Waals surface area contributed by atoms with Gasteiger partial charge in [-0.15, -0.1) is 0 Å². The minimum absolute atomic E-state index is 0.116. The standard InChI is InChI=1S/C19H22N2O8/c1-10-14(17(23)26-3)16(15(11(2)21-10)18(24)27-4)19(25)29-9-13(22)20-8-12-6-5-7-28-12/h5-7,14,16H,8-9H2,1-4H3,(H,20,22)/t14?,16-/m0/s1. The molecule has 0 radical (unpaired) electrons. The molecule has 0 spiro atoms. The highest BCUT2D eigenvalue weighted by atomic mass is 16.5. The lowest BCUT2D eigenvalue weighted by Gasteiger charge is -2.29. The van der Waals surface area contributed by atoms with E-state index in [1.165, 1.54) is 20.1 Å². The number of allylic oxidation sites excluding steroid dienone is 1. The van der Waals surface area contributed by atoms with E-state index >= 15 is 0 Å². The normalized spacial score (nSPS) is 18.6. The van der Waals surface area contributed by atoms with Gasteiger partial charge in [-0.05, 0) is 26.0 Å². The highest BCUT2D eigenvalue weighted by Gasteiger charge is 2.46. The predicted molar refractivity (Wildman–Crippen MR) is 98.3 cm³/mol. The van der Waals surface area contributed by atoms with Crippen molar-refractivity contribution in [1.82, 2.24) is 5.32 Å². The molecule has 2 atom stereocenters. The molecule has 1 aliphatic rings. The van der Waals surface area contributed by atoms with Crippen LogP contribution in [0.5, 0.6) is 0 Å². The number of hydrogen-bond acceptors (Lipinski definition) is 9. The number of rotatable bonds is 7. The lowest BCUT2D eigenvalue weighted by molar-refractivity contribution is -0.158. The van der Waals surface area contributed by atoms with Crippen molar-refractivity contribution in [3.8, 4) is 0 Å². The molecule has 29 heavy (non-hydrogen) atoms. The number of nitrogens with zero attached hydrogens (tertiary/aromatic N) is 1. The Balaban J connectivity index is 2.15. The number of aliphatic imine (C=N–C) groups is 1. The van der Waals surface area contributed by atoms with Crippen LogP contribution in [0, 0.1) is 11.8 Å². The van der Waals surface area contributed by atoms with Gasteiger partial charge in [0.25, 0.3) is 5.91 Å². The van der Waals surface area contributed by atoms with Crippen LogP contribution in [0.3, 0.4) is 0 Å². The molecule has 1 aromatic rings. The molecule has 1 aliphatic heterocycles. The highest BCUT2D eigenvalue weighted by molar-refractivity contribution is 6.10. The summed E-state index contributed by atoms with van der Waals surface area (Å²) in [5.74, 6) is -5.09. The van der Waals surface area contributed by atoms with Gasteiger partial charge < -0.3 is 23.9 Å². The van der Waals surface area contributed by atoms with E-state index in [2.05, 4.69) is 10.3 Å². The number of furan rings is 1. The van der Waals surface area contributed by atoms with Crippen LogP contribution >= 0.6 is 0 Å². The smallest absolute Gasteiger partial charge is 0.336 e. The molecule has 156 valence electrons. The van der Waals surface area contributed by atoms with E-state index in [4.69, 9.17) is 18.6 Å². The summed E-state index contributed by atoms with van der Waals surface area (Å²) in [6.45, 7) is 2.57. The van der Waals surface area contributed by atoms with E-state index in [0.29, 0.717) is 5.76 Å². The van der Waals surface area contributed by atoms with Crippen molar-refractivity contribution in [2.75, 3.05) is 20.8 Å². The molecule has 1 N–H and O–H groups in total. The fraction of sp³-hybridized carbons (Fsp3) is 0.421. The first kappa shape index (κ1) is 21.9. The minimum Gasteiger partial charge on any atom is -0.468 e. The van der Waals surface area contributed by atoms with E-state index in [1.807, 2.05) is 0 Å². The van der Waals surface area contributed by atoms with Gasteiger partial charge in [0.2, 0.25) is 0 Å². The number of ether oxygens (including phenoxy) is 3. The van der Waals surface area contributed by atoms with Gasteiger partial charge in [0.15, 0.2) is 6.61 Å². The predicted octanol–water partition coefficient (Wildman–Crippen LogP) is 0.766. The average Bonchev–Trinajstić information content (AvgIpc) is 3.22. The van der Waals surface area contributed by atoms with Gasteiger partial charge in [-0.3, -0.25) is 19.4 Å². The van der Waals surface area contributed by atoms with Crippen LogP contribution in [0.25, 0.3) is 0 Å². The largest absolute Gasteiger partial charge is 0.468 e. The van der Waals surface area contributed by atoms with Gasteiger partial charge in [0.05, 0.1) is 32.6 Å². The molecule has 0 saturated carbocycles. The number of nitrogens with one attached hydrogen (secondary N) is 1. The molecular formula is C19H22N2O8. The van der Waals surface area contributed by atoms with E-state index in [0.717, 1.165) is 14.2 Å². The Bertz CT molecular complexity index is 854. The van der Waals surface area contributed by atoms with Crippen LogP contribution in [0.2, 0.25) is 0 Å². The van der Waals surface area contributed by atoms with E-state index < -0.39 is 42.3 Å². The second-order valence-corrected chi connectivity index (χ2v) is 6.19. The van der Waals surface area contributed by atoms with Crippen LogP contribution in [0.1, 0.15) is 19.6 Å². The van der Waals surface area contributed by atoms with Crippen molar-refractivity contribution in [3.05, 3.63) is 35.4 Å². The zero-order valence-corrected chi connectivity index (χ0v) is 16.5. The Morgan fingerprint density at radius 3 is 2.41 bits per heavy atom. The van der Waals surface area contributed by atoms with Crippen molar-refractivity contribution in [3.63, 3.8) is 0 Å². The number of carbonyl (C=O) groups excluding carboxylic acids is 4. The third-order valence-electron chi connectivity index (χ3n) is 4.33. The van der Waals surface area contributed by atoms with Gasteiger partial charge in [-0.25, -0.2) is 4.79 Å². The van der Waals surface area contributed by atoms with Crippen molar-refractivity contribution in [2.24, 2.45) is 16.8 Å². The molecule has 0 aromatic carbocycles. The lowest BCUT2D eigenvalue weighted by Crippen LogP contribution is -2.43. The van der Waals surface area contributed by atoms with Gasteiger partial charge >= 0.3 is 17.9 Å². The quantitative estimate of drug-likeness (QED) is 0.518. The Hall–Kier alpha value is -3.43. The zero-order valence-electron chi connectivity index (χ0n) is 16.5. The van der Waals surface area contributed by atoms with Crippen molar-refractivity contribution in [2.45, 2.75) is 20.4 Å². The summed E-state index contributed by atoms with van der Waals surface area (Å²) in [7, 11) is 2.30. The molecule has 1 unspecified atom stereocenters. The number of amides is 1. The van der Waals surface area contributed by atoms with Gasteiger partial charge in [-0.2, -0.15) is 0 Å². The highest BCUT2D eigenvalue weighted by Crippen LogP contribution is 2.33. The van der Waals surface area contributed by atoms with Crippen molar-refractivity contribution >= 4 is 29.5 Å². The fourth-order valence-corrected chi connectivity index (χ4v) is 2.98. The Labute approximate surface area is 166 Å². The van der Waals surface area contributed by atoms with Crippen LogP contribution in [-0.2, 0) is 39.9 Å². The number of methoxy groups -OCH3 is 2. The molecule has 0 saturated heterocycles. The molecule has 1 aromatic heterocycles. The SMILES string of the molecule is COC(=O)C1=C(C)N=C(C)C(C(=O)OC)[C@@H]1C(=O)OCC(=O)NCc1ccco1. The summed E-state index contributed by atoms with van der Waals surface area (Å²) >= 11 is 0. The summed E-state index contributed by atoms with van der Waals surface area (Å²) < 4.78 is 19.6. The van der Waals surface area contributed by atoms with Gasteiger partial charge in [0, 0.05) is 11.4 Å². The fourth-order valence-electron chi connectivity index (χ4n) is 2.98. The second-order valence-electron chi connectivity index (χ2n) is 6.19. The van der Waals surface area contributed by atoms with Crippen LogP contribution in [-0.4, -0.2) is 50.4 Å². The first-order valence-electron chi connectivity index (χ1n) is 8.68. The Morgan fingerprint density at radius 1 is 1.10 bits per heavy atom. The maximum atomic E-state index is 12.8. The molecule has 1 amide bonds. The van der Waals surface area contributed by atoms with Crippen molar-refractivity contribution in [1.29, 1.82) is 0 Å². The van der Waals surface area contributed by atoms with Crippen LogP contribution in [0.15, 0.2) is 39.1 Å². The topological polar surface area (TPSA) is 134 Å². The molecular weight excluding hydrogens is 384 g/mol. The minimum atomic E-state index is -1.34.